The van der Waals surface area contributed by atoms with Crippen LogP contribution in [0.3, 0.4) is 0 Å². The molecule has 0 spiro atoms. The summed E-state index contributed by atoms with van der Waals surface area (Å²) in [6, 6.07) is 2.42. The number of hydrogen-bond donors (Lipinski definition) is 0. The molecule has 4 heteroatoms. The van der Waals surface area contributed by atoms with Crippen LogP contribution in [0.4, 0.5) is 0 Å². The van der Waals surface area contributed by atoms with E-state index in [9.17, 15) is 4.79 Å². The van der Waals surface area contributed by atoms with Gasteiger partial charge in [0.2, 0.25) is 0 Å². The molecule has 3 rings (SSSR count). The Balaban J connectivity index is 1.80. The van der Waals surface area contributed by atoms with E-state index in [0.717, 1.165) is 37.2 Å². The number of amides is 1. The Bertz CT molecular complexity index is 592. The van der Waals surface area contributed by atoms with E-state index in [1.807, 2.05) is 11.9 Å². The molecule has 1 amide bonds. The third kappa shape index (κ3) is 2.64. The van der Waals surface area contributed by atoms with Crippen molar-refractivity contribution >= 4 is 17.2 Å². The Labute approximate surface area is 144 Å². The van der Waals surface area contributed by atoms with E-state index in [2.05, 4.69) is 33.8 Å². The van der Waals surface area contributed by atoms with Gasteiger partial charge < -0.3 is 9.64 Å². The summed E-state index contributed by atoms with van der Waals surface area (Å²) in [5.41, 5.74) is 1.41. The number of ether oxygens (including phenoxy) is 1. The predicted octanol–water partition coefficient (Wildman–Crippen LogP) is 4.15. The normalized spacial score (nSPS) is 28.3. The number of fused-ring (bicyclic) bond motifs is 1. The van der Waals surface area contributed by atoms with Gasteiger partial charge in [0, 0.05) is 35.9 Å². The van der Waals surface area contributed by atoms with Crippen LogP contribution < -0.4 is 0 Å². The highest BCUT2D eigenvalue weighted by molar-refractivity contribution is 7.14. The van der Waals surface area contributed by atoms with Gasteiger partial charge in [0.05, 0.1) is 11.0 Å². The monoisotopic (exact) mass is 335 g/mol. The first kappa shape index (κ1) is 17.0. The summed E-state index contributed by atoms with van der Waals surface area (Å²) < 4.78 is 5.87. The van der Waals surface area contributed by atoms with Crippen molar-refractivity contribution in [1.82, 2.24) is 4.90 Å². The summed E-state index contributed by atoms with van der Waals surface area (Å²) >= 11 is 1.70. The lowest BCUT2D eigenvalue weighted by Crippen LogP contribution is -2.66. The lowest BCUT2D eigenvalue weighted by atomic mass is 9.57. The van der Waals surface area contributed by atoms with E-state index in [4.69, 9.17) is 4.74 Å². The van der Waals surface area contributed by atoms with Gasteiger partial charge in [-0.05, 0) is 30.9 Å². The molecule has 1 aliphatic heterocycles. The molecule has 0 N–H and O–H groups in total. The van der Waals surface area contributed by atoms with Crippen molar-refractivity contribution in [3.05, 3.63) is 21.4 Å². The molecule has 0 aromatic carbocycles. The summed E-state index contributed by atoms with van der Waals surface area (Å²) in [6.45, 7) is 9.69. The van der Waals surface area contributed by atoms with Crippen molar-refractivity contribution < 1.29 is 9.53 Å². The topological polar surface area (TPSA) is 29.5 Å². The molecule has 128 valence electrons. The van der Waals surface area contributed by atoms with Gasteiger partial charge in [0.25, 0.3) is 5.91 Å². The van der Waals surface area contributed by atoms with Gasteiger partial charge >= 0.3 is 0 Å². The number of rotatable bonds is 5. The molecule has 0 radical (unpaired) electrons. The molecule has 2 heterocycles. The van der Waals surface area contributed by atoms with Gasteiger partial charge in [0.15, 0.2) is 0 Å². The highest BCUT2D eigenvalue weighted by Crippen LogP contribution is 2.54. The van der Waals surface area contributed by atoms with Crippen molar-refractivity contribution in [2.75, 3.05) is 13.7 Å². The van der Waals surface area contributed by atoms with E-state index in [1.165, 1.54) is 10.4 Å². The standard InChI is InChI=1S/C19H29NO2S/c1-6-8-14-12(7-2)11-15(23-14)18(21)20(5)16-13-9-10-22-17(13)19(16,3)4/h11,13,16-17H,6-10H2,1-5H3/t13-,16-,17+/m1/s1. The Morgan fingerprint density at radius 2 is 2.17 bits per heavy atom. The first-order valence-corrected chi connectivity index (χ1v) is 9.73. The zero-order chi connectivity index (χ0) is 16.8. The van der Waals surface area contributed by atoms with Crippen LogP contribution in [-0.2, 0) is 17.6 Å². The first-order valence-electron chi connectivity index (χ1n) is 8.92. The number of thiophene rings is 1. The molecular formula is C19H29NO2S. The average molecular weight is 336 g/mol. The van der Waals surface area contributed by atoms with Gasteiger partial charge in [-0.15, -0.1) is 11.3 Å². The Morgan fingerprint density at radius 3 is 2.83 bits per heavy atom. The number of carbonyl (C=O) groups is 1. The minimum Gasteiger partial charge on any atom is -0.377 e. The second-order valence-corrected chi connectivity index (χ2v) is 8.73. The van der Waals surface area contributed by atoms with Gasteiger partial charge in [-0.2, -0.15) is 0 Å². The molecular weight excluding hydrogens is 306 g/mol. The lowest BCUT2D eigenvalue weighted by molar-refractivity contribution is -0.139. The molecule has 3 nitrogen and oxygen atoms in total. The Morgan fingerprint density at radius 1 is 1.43 bits per heavy atom. The maximum atomic E-state index is 13.0. The number of hydrogen-bond acceptors (Lipinski definition) is 3. The van der Waals surface area contributed by atoms with Crippen LogP contribution >= 0.6 is 11.3 Å². The van der Waals surface area contributed by atoms with Crippen LogP contribution in [0.5, 0.6) is 0 Å². The zero-order valence-electron chi connectivity index (χ0n) is 15.0. The first-order chi connectivity index (χ1) is 10.9. The van der Waals surface area contributed by atoms with Crippen LogP contribution in [0.25, 0.3) is 0 Å². The molecule has 1 aromatic rings. The SMILES string of the molecule is CCCc1sc(C(=O)N(C)[C@@H]2[C@H]3CCO[C@@H]3C2(C)C)cc1CC. The Kier molecular flexibility index (Phi) is 4.58. The van der Waals surface area contributed by atoms with Crippen LogP contribution in [0.2, 0.25) is 0 Å². The van der Waals surface area contributed by atoms with Gasteiger partial charge in [-0.1, -0.05) is 34.1 Å². The fraction of sp³-hybridized carbons (Fsp3) is 0.737. The second-order valence-electron chi connectivity index (χ2n) is 7.59. The van der Waals surface area contributed by atoms with E-state index >= 15 is 0 Å². The molecule has 1 saturated heterocycles. The summed E-state index contributed by atoms with van der Waals surface area (Å²) in [7, 11) is 1.98. The lowest BCUT2D eigenvalue weighted by Gasteiger charge is -2.57. The summed E-state index contributed by atoms with van der Waals surface area (Å²) in [5.74, 6) is 0.704. The second kappa shape index (κ2) is 6.21. The van der Waals surface area contributed by atoms with Crippen molar-refractivity contribution in [1.29, 1.82) is 0 Å². The van der Waals surface area contributed by atoms with Crippen molar-refractivity contribution in [3.63, 3.8) is 0 Å². The maximum Gasteiger partial charge on any atom is 0.263 e. The summed E-state index contributed by atoms with van der Waals surface area (Å²) in [5, 5.41) is 0. The largest absolute Gasteiger partial charge is 0.377 e. The third-order valence-corrected chi connectivity index (χ3v) is 6.97. The number of aryl methyl sites for hydroxylation is 2. The van der Waals surface area contributed by atoms with Crippen molar-refractivity contribution in [2.24, 2.45) is 11.3 Å². The van der Waals surface area contributed by atoms with E-state index in [-0.39, 0.29) is 11.3 Å². The molecule has 23 heavy (non-hydrogen) atoms. The predicted molar refractivity (Wildman–Crippen MR) is 95.2 cm³/mol. The molecule has 3 atom stereocenters. The molecule has 1 aliphatic carbocycles. The molecule has 2 aliphatic rings. The van der Waals surface area contributed by atoms with E-state index < -0.39 is 0 Å². The zero-order valence-corrected chi connectivity index (χ0v) is 15.8. The maximum absolute atomic E-state index is 13.0. The minimum absolute atomic E-state index is 0.0582. The van der Waals surface area contributed by atoms with Crippen molar-refractivity contribution in [2.45, 2.75) is 65.5 Å². The van der Waals surface area contributed by atoms with Crippen LogP contribution in [0, 0.1) is 11.3 Å². The number of carbonyl (C=O) groups excluding carboxylic acids is 1. The van der Waals surface area contributed by atoms with Crippen LogP contribution in [-0.4, -0.2) is 36.6 Å². The summed E-state index contributed by atoms with van der Waals surface area (Å²) in [6.07, 6.45) is 4.64. The van der Waals surface area contributed by atoms with Crippen LogP contribution in [0.15, 0.2) is 6.07 Å². The Hall–Kier alpha value is -0.870. The fourth-order valence-corrected chi connectivity index (χ4v) is 6.03. The molecule has 1 aromatic heterocycles. The van der Waals surface area contributed by atoms with Gasteiger partial charge in [-0.25, -0.2) is 0 Å². The quantitative estimate of drug-likeness (QED) is 0.809. The highest BCUT2D eigenvalue weighted by atomic mass is 32.1. The highest BCUT2D eigenvalue weighted by Gasteiger charge is 2.61. The fourth-order valence-electron chi connectivity index (χ4n) is 4.69. The van der Waals surface area contributed by atoms with Crippen molar-refractivity contribution in [3.8, 4) is 0 Å². The van der Waals surface area contributed by atoms with Gasteiger partial charge in [0.1, 0.15) is 0 Å². The molecule has 2 fully saturated rings. The molecule has 0 bridgehead atoms. The molecule has 0 unspecified atom stereocenters. The van der Waals surface area contributed by atoms with Gasteiger partial charge in [-0.3, -0.25) is 4.79 Å². The van der Waals surface area contributed by atoms with Crippen LogP contribution in [0.1, 0.15) is 60.6 Å². The van der Waals surface area contributed by atoms with E-state index in [1.54, 1.807) is 11.3 Å². The molecule has 1 saturated carbocycles. The van der Waals surface area contributed by atoms with E-state index in [0.29, 0.717) is 18.1 Å². The average Bonchev–Trinajstić information content (AvgIpc) is 3.12. The summed E-state index contributed by atoms with van der Waals surface area (Å²) in [4.78, 5) is 17.3. The third-order valence-electron chi connectivity index (χ3n) is 5.74. The smallest absolute Gasteiger partial charge is 0.263 e. The minimum atomic E-state index is 0.0582. The number of nitrogens with zero attached hydrogens (tertiary/aromatic N) is 1.